The van der Waals surface area contributed by atoms with Crippen LogP contribution in [0.3, 0.4) is 0 Å². The second kappa shape index (κ2) is 15.8. The number of ether oxygens (including phenoxy) is 4. The SMILES string of the molecule is CCOC(=O)C1=C(c2ccccc2)N=c2s/c(=C\c3cc(I)c(OCc4ccc(Cl)c(Cl)c4)c(OC)c3)c(=O)n2[C@H]1c1ccc(OCC)cc1. The Morgan fingerprint density at radius 1 is 0.960 bits per heavy atom. The Balaban J connectivity index is 1.47. The fraction of sp³-hybridized carbons (Fsp3) is 0.184. The molecule has 1 aromatic heterocycles. The maximum absolute atomic E-state index is 14.4. The highest BCUT2D eigenvalue weighted by Crippen LogP contribution is 2.37. The molecule has 4 aromatic carbocycles. The lowest BCUT2D eigenvalue weighted by atomic mass is 9.93. The van der Waals surface area contributed by atoms with Crippen LogP contribution >= 0.6 is 57.1 Å². The zero-order valence-corrected chi connectivity index (χ0v) is 31.7. The maximum Gasteiger partial charge on any atom is 0.338 e. The van der Waals surface area contributed by atoms with Gasteiger partial charge in [0.25, 0.3) is 5.56 Å². The third-order valence-corrected chi connectivity index (χ3v) is 10.3. The van der Waals surface area contributed by atoms with Crippen molar-refractivity contribution in [2.24, 2.45) is 4.99 Å². The number of benzene rings is 4. The summed E-state index contributed by atoms with van der Waals surface area (Å²) in [5.41, 5.74) is 3.46. The van der Waals surface area contributed by atoms with E-state index >= 15 is 0 Å². The molecule has 0 aliphatic carbocycles. The summed E-state index contributed by atoms with van der Waals surface area (Å²) in [6.45, 7) is 4.59. The first kappa shape index (κ1) is 35.7. The summed E-state index contributed by atoms with van der Waals surface area (Å²) in [7, 11) is 1.56. The number of aromatic nitrogens is 1. The van der Waals surface area contributed by atoms with Gasteiger partial charge in [-0.15, -0.1) is 0 Å². The van der Waals surface area contributed by atoms with Crippen molar-refractivity contribution in [3.05, 3.63) is 146 Å². The van der Waals surface area contributed by atoms with Gasteiger partial charge in [-0.05, 0) is 95.6 Å². The van der Waals surface area contributed by atoms with Crippen molar-refractivity contribution in [2.45, 2.75) is 26.5 Å². The largest absolute Gasteiger partial charge is 0.494 e. The van der Waals surface area contributed by atoms with Crippen LogP contribution in [0.25, 0.3) is 11.8 Å². The summed E-state index contributed by atoms with van der Waals surface area (Å²) < 4.78 is 25.9. The van der Waals surface area contributed by atoms with Crippen molar-refractivity contribution in [2.75, 3.05) is 20.3 Å². The van der Waals surface area contributed by atoms with Gasteiger partial charge in [-0.3, -0.25) is 9.36 Å². The van der Waals surface area contributed by atoms with Gasteiger partial charge in [0, 0.05) is 5.56 Å². The summed E-state index contributed by atoms with van der Waals surface area (Å²) in [4.78, 5) is 33.5. The quantitative estimate of drug-likeness (QED) is 0.0996. The molecular weight excluding hydrogens is 810 g/mol. The molecule has 0 N–H and O–H groups in total. The lowest BCUT2D eigenvalue weighted by molar-refractivity contribution is -0.138. The standard InChI is InChI=1S/C38H31Cl2IN2O6S/c1-4-47-26-14-12-25(13-15-26)34-32(37(45)48-5-2)33(24-9-7-6-8-10-24)42-38-43(34)36(44)31(50-38)20-23-18-29(41)35(30(19-23)46-3)49-21-22-11-16-27(39)28(40)17-22/h6-20,34H,4-5,21H2,1-3H3/b31-20-/t34-/m0/s1. The van der Waals surface area contributed by atoms with E-state index < -0.39 is 12.0 Å². The first-order valence-corrected chi connectivity index (χ1v) is 18.3. The molecule has 0 saturated heterocycles. The molecule has 0 fully saturated rings. The number of nitrogens with zero attached hydrogens (tertiary/aromatic N) is 2. The number of rotatable bonds is 11. The van der Waals surface area contributed by atoms with Gasteiger partial charge in [0.1, 0.15) is 12.4 Å². The number of hydrogen-bond acceptors (Lipinski definition) is 8. The molecular formula is C38H31Cl2IN2O6S. The Labute approximate surface area is 316 Å². The third-order valence-electron chi connectivity index (χ3n) is 7.80. The summed E-state index contributed by atoms with van der Waals surface area (Å²) in [6, 6.07) is 25.1. The van der Waals surface area contributed by atoms with E-state index in [1.807, 2.05) is 79.7 Å². The van der Waals surface area contributed by atoms with Crippen molar-refractivity contribution in [1.29, 1.82) is 0 Å². The molecule has 0 spiro atoms. The molecule has 0 unspecified atom stereocenters. The molecule has 1 atom stereocenters. The first-order chi connectivity index (χ1) is 24.2. The monoisotopic (exact) mass is 840 g/mol. The van der Waals surface area contributed by atoms with Crippen LogP contribution in [-0.4, -0.2) is 30.9 Å². The van der Waals surface area contributed by atoms with E-state index in [4.69, 9.17) is 47.1 Å². The van der Waals surface area contributed by atoms with Gasteiger partial charge in [0.05, 0.1) is 55.8 Å². The smallest absolute Gasteiger partial charge is 0.338 e. The highest BCUT2D eigenvalue weighted by atomic mass is 127. The van der Waals surface area contributed by atoms with Crippen LogP contribution in [0.15, 0.2) is 100 Å². The fourth-order valence-corrected chi connectivity index (χ4v) is 7.67. The average molecular weight is 842 g/mol. The molecule has 6 rings (SSSR count). The van der Waals surface area contributed by atoms with Gasteiger partial charge in [-0.25, -0.2) is 9.79 Å². The molecule has 0 radical (unpaired) electrons. The highest BCUT2D eigenvalue weighted by molar-refractivity contribution is 14.1. The second-order valence-corrected chi connectivity index (χ2v) is 14.0. The molecule has 2 heterocycles. The minimum atomic E-state index is -0.801. The second-order valence-electron chi connectivity index (χ2n) is 11.0. The zero-order chi connectivity index (χ0) is 35.4. The lowest BCUT2D eigenvalue weighted by Gasteiger charge is -2.26. The number of hydrogen-bond donors (Lipinski definition) is 0. The van der Waals surface area contributed by atoms with Crippen molar-refractivity contribution in [3.63, 3.8) is 0 Å². The molecule has 12 heteroatoms. The van der Waals surface area contributed by atoms with E-state index in [0.717, 1.165) is 20.3 Å². The highest BCUT2D eigenvalue weighted by Gasteiger charge is 2.35. The number of halogens is 3. The molecule has 8 nitrogen and oxygen atoms in total. The normalized spacial score (nSPS) is 14.2. The number of esters is 1. The van der Waals surface area contributed by atoms with Crippen molar-refractivity contribution < 1.29 is 23.7 Å². The summed E-state index contributed by atoms with van der Waals surface area (Å²) in [6.07, 6.45) is 1.79. The molecule has 5 aromatic rings. The lowest BCUT2D eigenvalue weighted by Crippen LogP contribution is -2.40. The first-order valence-electron chi connectivity index (χ1n) is 15.7. The zero-order valence-electron chi connectivity index (χ0n) is 27.2. The van der Waals surface area contributed by atoms with Crippen molar-refractivity contribution in [3.8, 4) is 17.2 Å². The summed E-state index contributed by atoms with van der Waals surface area (Å²) in [5.74, 6) is 1.19. The Hall–Kier alpha value is -4.10. The third kappa shape index (κ3) is 7.48. The minimum Gasteiger partial charge on any atom is -0.494 e. The van der Waals surface area contributed by atoms with Crippen LogP contribution in [-0.2, 0) is 16.1 Å². The Bertz CT molecular complexity index is 2270. The predicted octanol–water partition coefficient (Wildman–Crippen LogP) is 7.83. The van der Waals surface area contributed by atoms with E-state index in [0.29, 0.717) is 54.5 Å². The van der Waals surface area contributed by atoms with Gasteiger partial charge in [0.15, 0.2) is 16.3 Å². The molecule has 0 bridgehead atoms. The van der Waals surface area contributed by atoms with Gasteiger partial charge in [-0.2, -0.15) is 0 Å². The minimum absolute atomic E-state index is 0.165. The summed E-state index contributed by atoms with van der Waals surface area (Å²) in [5, 5.41) is 0.915. The van der Waals surface area contributed by atoms with E-state index in [9.17, 15) is 9.59 Å². The molecule has 1 aliphatic heterocycles. The van der Waals surface area contributed by atoms with Crippen LogP contribution in [0, 0.1) is 3.57 Å². The predicted molar refractivity (Wildman–Crippen MR) is 205 cm³/mol. The van der Waals surface area contributed by atoms with Crippen LogP contribution < -0.4 is 29.1 Å². The maximum atomic E-state index is 14.4. The molecule has 0 saturated carbocycles. The Kier molecular flexibility index (Phi) is 11.3. The van der Waals surface area contributed by atoms with Crippen molar-refractivity contribution in [1.82, 2.24) is 4.57 Å². The number of carbonyl (C=O) groups is 1. The van der Waals surface area contributed by atoms with E-state index in [-0.39, 0.29) is 24.3 Å². The number of carbonyl (C=O) groups excluding carboxylic acids is 1. The number of methoxy groups -OCH3 is 1. The average Bonchev–Trinajstić information content (AvgIpc) is 3.43. The van der Waals surface area contributed by atoms with Crippen LogP contribution in [0.5, 0.6) is 17.2 Å². The Morgan fingerprint density at radius 3 is 2.40 bits per heavy atom. The summed E-state index contributed by atoms with van der Waals surface area (Å²) >= 11 is 15.7. The van der Waals surface area contributed by atoms with Gasteiger partial charge >= 0.3 is 5.97 Å². The van der Waals surface area contributed by atoms with E-state index in [2.05, 4.69) is 22.6 Å². The number of fused-ring (bicyclic) bond motifs is 1. The van der Waals surface area contributed by atoms with E-state index in [1.54, 1.807) is 36.8 Å². The van der Waals surface area contributed by atoms with Crippen LogP contribution in [0.1, 0.15) is 42.1 Å². The molecule has 50 heavy (non-hydrogen) atoms. The van der Waals surface area contributed by atoms with Crippen LogP contribution in [0.2, 0.25) is 10.0 Å². The van der Waals surface area contributed by atoms with Crippen molar-refractivity contribution >= 4 is 74.9 Å². The van der Waals surface area contributed by atoms with E-state index in [1.165, 1.54) is 11.3 Å². The topological polar surface area (TPSA) is 88.4 Å². The Morgan fingerprint density at radius 2 is 1.72 bits per heavy atom. The molecule has 0 amide bonds. The van der Waals surface area contributed by atoms with Crippen LogP contribution in [0.4, 0.5) is 0 Å². The molecule has 256 valence electrons. The van der Waals surface area contributed by atoms with Gasteiger partial charge in [0.2, 0.25) is 0 Å². The fourth-order valence-electron chi connectivity index (χ4n) is 5.57. The number of thiazole rings is 1. The molecule has 1 aliphatic rings. The van der Waals surface area contributed by atoms with Gasteiger partial charge in [-0.1, -0.05) is 83.1 Å². The van der Waals surface area contributed by atoms with Gasteiger partial charge < -0.3 is 18.9 Å².